The highest BCUT2D eigenvalue weighted by atomic mass is 19.3. The van der Waals surface area contributed by atoms with Crippen LogP contribution in [0.25, 0.3) is 44.3 Å². The smallest absolute Gasteiger partial charge is 0.407 e. The lowest BCUT2D eigenvalue weighted by molar-refractivity contribution is -0.137. The van der Waals surface area contributed by atoms with Crippen molar-refractivity contribution >= 4 is 46.1 Å². The Kier molecular flexibility index (Phi) is 10.8. The average Bonchev–Trinajstić information content (AvgIpc) is 3.96. The Bertz CT molecular complexity index is 2420. The van der Waals surface area contributed by atoms with Crippen LogP contribution in [0, 0.1) is 11.8 Å². The Balaban J connectivity index is 1.10. The third kappa shape index (κ3) is 8.38. The van der Waals surface area contributed by atoms with Crippen LogP contribution in [0.3, 0.4) is 0 Å². The van der Waals surface area contributed by atoms with E-state index in [9.17, 15) is 41.8 Å². The number of hydrogen-bond donors (Lipinski definition) is 5. The second-order valence-corrected chi connectivity index (χ2v) is 15.9. The molecule has 4 unspecified atom stereocenters. The second kappa shape index (κ2) is 15.5. The first-order valence-corrected chi connectivity index (χ1v) is 19.1. The number of aromatic nitrogens is 4. The molecule has 0 saturated carbocycles. The van der Waals surface area contributed by atoms with Crippen molar-refractivity contribution in [2.75, 3.05) is 20.2 Å². The summed E-state index contributed by atoms with van der Waals surface area (Å²) in [5.74, 6) is -8.28. The van der Waals surface area contributed by atoms with Gasteiger partial charge in [0, 0.05) is 12.8 Å². The van der Waals surface area contributed by atoms with Crippen LogP contribution in [-0.2, 0) is 14.3 Å². The highest BCUT2D eigenvalue weighted by Gasteiger charge is 2.51. The summed E-state index contributed by atoms with van der Waals surface area (Å²) in [6.45, 7) is 4.97. The lowest BCUT2D eigenvalue weighted by atomic mass is 10.00. The van der Waals surface area contributed by atoms with E-state index < -0.39 is 97.8 Å². The molecule has 0 radical (unpaired) electrons. The number of ether oxygens (including phenoxy) is 1. The topological polar surface area (TPSA) is 186 Å². The van der Waals surface area contributed by atoms with Gasteiger partial charge in [-0.25, -0.2) is 37.1 Å². The molecule has 4 amide bonds. The molecule has 0 bridgehead atoms. The predicted octanol–water partition coefficient (Wildman–Crippen LogP) is 7.26. The Morgan fingerprint density at radius 3 is 1.46 bits per heavy atom. The number of fused-ring (bicyclic) bond motifs is 2. The number of hydrogen-bond acceptors (Lipinski definition) is 7. The van der Waals surface area contributed by atoms with Gasteiger partial charge in [0.05, 0.1) is 54.3 Å². The van der Waals surface area contributed by atoms with Crippen LogP contribution in [0.4, 0.5) is 27.2 Å². The predicted molar refractivity (Wildman–Crippen MR) is 209 cm³/mol. The summed E-state index contributed by atoms with van der Waals surface area (Å²) in [7, 11) is 1.15. The average molecular weight is 821 g/mol. The second-order valence-electron chi connectivity index (χ2n) is 15.9. The molecule has 59 heavy (non-hydrogen) atoms. The summed E-state index contributed by atoms with van der Waals surface area (Å²) in [6.07, 6.45) is -3.57. The number of rotatable bonds is 10. The fraction of sp³-hybridized carbons (Fsp3) is 0.415. The number of alkyl carbamates (subject to hydrolysis) is 1. The number of aromatic amines is 2. The van der Waals surface area contributed by atoms with Gasteiger partial charge < -0.3 is 40.2 Å². The molecule has 7 rings (SSSR count). The molecule has 2 aromatic heterocycles. The van der Waals surface area contributed by atoms with Crippen LogP contribution in [0.2, 0.25) is 0 Å². The lowest BCUT2D eigenvalue weighted by Gasteiger charge is -2.29. The number of alkyl halides is 4. The summed E-state index contributed by atoms with van der Waals surface area (Å²) in [6, 6.07) is 14.1. The van der Waals surface area contributed by atoms with E-state index in [0.717, 1.165) is 39.2 Å². The van der Waals surface area contributed by atoms with Crippen molar-refractivity contribution in [3.8, 4) is 22.3 Å². The number of imidazole rings is 2. The van der Waals surface area contributed by atoms with Crippen molar-refractivity contribution in [3.63, 3.8) is 0 Å². The van der Waals surface area contributed by atoms with Gasteiger partial charge in [-0.15, -0.1) is 0 Å². The minimum absolute atomic E-state index is 0.171. The van der Waals surface area contributed by atoms with Gasteiger partial charge in [-0.05, 0) is 58.4 Å². The van der Waals surface area contributed by atoms with Crippen molar-refractivity contribution in [3.05, 3.63) is 72.3 Å². The van der Waals surface area contributed by atoms with Crippen molar-refractivity contribution in [1.82, 2.24) is 40.4 Å². The first-order valence-electron chi connectivity index (χ1n) is 19.1. The van der Waals surface area contributed by atoms with Gasteiger partial charge in [0.1, 0.15) is 23.7 Å². The number of halogens is 4. The normalized spacial score (nSPS) is 19.7. The molecule has 5 N–H and O–H groups in total. The molecule has 2 fully saturated rings. The third-order valence-corrected chi connectivity index (χ3v) is 10.9. The van der Waals surface area contributed by atoms with Crippen molar-refractivity contribution in [1.29, 1.82) is 0 Å². The number of carboxylic acid groups (broad SMARTS) is 1. The number of amides is 4. The van der Waals surface area contributed by atoms with Crippen molar-refractivity contribution in [2.45, 2.75) is 76.5 Å². The maximum Gasteiger partial charge on any atom is 0.407 e. The van der Waals surface area contributed by atoms with Crippen molar-refractivity contribution in [2.24, 2.45) is 11.8 Å². The van der Waals surface area contributed by atoms with Gasteiger partial charge >= 0.3 is 12.2 Å². The van der Waals surface area contributed by atoms with E-state index in [1.807, 2.05) is 48.5 Å². The van der Waals surface area contributed by atoms with Gasteiger partial charge in [0.15, 0.2) is 0 Å². The number of H-pyrrole nitrogens is 2. The number of nitrogens with one attached hydrogen (secondary N) is 4. The van der Waals surface area contributed by atoms with Gasteiger partial charge in [-0.3, -0.25) is 9.59 Å². The van der Waals surface area contributed by atoms with Gasteiger partial charge in [-0.1, -0.05) is 64.1 Å². The number of carbonyl (C=O) groups excluding carboxylic acids is 3. The van der Waals surface area contributed by atoms with E-state index >= 15 is 0 Å². The maximum absolute atomic E-state index is 14.9. The first-order chi connectivity index (χ1) is 27.8. The van der Waals surface area contributed by atoms with Crippen LogP contribution in [0.5, 0.6) is 0 Å². The van der Waals surface area contributed by atoms with Gasteiger partial charge in [-0.2, -0.15) is 0 Å². The van der Waals surface area contributed by atoms with Crippen LogP contribution < -0.4 is 10.6 Å². The molecule has 2 saturated heterocycles. The minimum Gasteiger partial charge on any atom is -0.465 e. The lowest BCUT2D eigenvalue weighted by Crippen LogP contribution is -2.51. The molecule has 14 nitrogen and oxygen atoms in total. The molecule has 5 aromatic rings. The highest BCUT2D eigenvalue weighted by molar-refractivity contribution is 5.88. The summed E-state index contributed by atoms with van der Waals surface area (Å²) < 4.78 is 63.9. The van der Waals surface area contributed by atoms with Crippen LogP contribution in [0.15, 0.2) is 60.7 Å². The van der Waals surface area contributed by atoms with Crippen LogP contribution in [-0.4, -0.2) is 103 Å². The maximum atomic E-state index is 14.9. The van der Waals surface area contributed by atoms with E-state index in [1.54, 1.807) is 39.8 Å². The summed E-state index contributed by atoms with van der Waals surface area (Å²) >= 11 is 0. The van der Waals surface area contributed by atoms with E-state index in [1.165, 1.54) is 0 Å². The Morgan fingerprint density at radius 1 is 0.695 bits per heavy atom. The fourth-order valence-electron chi connectivity index (χ4n) is 7.88. The minimum atomic E-state index is -3.19. The Labute approximate surface area is 335 Å². The molecule has 3 aromatic carbocycles. The molecule has 0 aliphatic carbocycles. The zero-order chi connectivity index (χ0) is 42.6. The number of nitrogens with zero attached hydrogens (tertiary/aromatic N) is 4. The monoisotopic (exact) mass is 820 g/mol. The zero-order valence-corrected chi connectivity index (χ0v) is 32.9. The summed E-state index contributed by atoms with van der Waals surface area (Å²) in [4.78, 5) is 67.7. The largest absolute Gasteiger partial charge is 0.465 e. The molecular formula is C41H44F4N8O6. The number of methoxy groups -OCH3 is 1. The number of carbonyl (C=O) groups is 4. The number of benzene rings is 3. The SMILES string of the molecule is COC(=O)NC(C(=O)N1CC(F)(F)CC1c1nc2ccc(-c3ccc(-c4ccc5nc(C6CC(F)(F)CN6C(=O)C(NC(=O)O)C(C)C)[nH]c5c4)cc3)cc2[nH]1)C(C)C. The van der Waals surface area contributed by atoms with E-state index in [-0.39, 0.29) is 11.6 Å². The van der Waals surface area contributed by atoms with Gasteiger partial charge in [0.25, 0.3) is 11.8 Å². The third-order valence-electron chi connectivity index (χ3n) is 10.9. The molecular weight excluding hydrogens is 776 g/mol. The molecule has 2 aliphatic heterocycles. The molecule has 312 valence electrons. The van der Waals surface area contributed by atoms with E-state index in [0.29, 0.717) is 22.1 Å². The van der Waals surface area contributed by atoms with Crippen LogP contribution >= 0.6 is 0 Å². The highest BCUT2D eigenvalue weighted by Crippen LogP contribution is 2.43. The molecule has 4 atom stereocenters. The molecule has 0 spiro atoms. The van der Waals surface area contributed by atoms with E-state index in [4.69, 9.17) is 0 Å². The molecule has 2 aliphatic rings. The standard InChI is InChI=1S/C41H44F4N8O6/c1-20(2)32(50-38(56)57)36(54)52-18-40(42,43)16-30(52)34-46-26-12-10-24(14-28(26)48-34)22-6-8-23(9-7-22)25-11-13-27-29(15-25)49-35(47-27)31-17-41(44,45)19-53(31)37(55)33(21(3)4)51-39(58)59-5/h6-15,20-21,30-33,50H,16-19H2,1-5H3,(H,46,48)(H,47,49)(H,51,58)(H,56,57). The fourth-order valence-corrected chi connectivity index (χ4v) is 7.88. The molecule has 4 heterocycles. The summed E-state index contributed by atoms with van der Waals surface area (Å²) in [5.41, 5.74) is 5.47. The zero-order valence-electron chi connectivity index (χ0n) is 32.9. The quantitative estimate of drug-likeness (QED) is 0.0912. The number of likely N-dealkylation sites (tertiary alicyclic amines) is 2. The Hall–Kier alpha value is -6.20. The van der Waals surface area contributed by atoms with Gasteiger partial charge in [0.2, 0.25) is 11.8 Å². The van der Waals surface area contributed by atoms with Crippen molar-refractivity contribution < 1.29 is 46.6 Å². The first kappa shape index (κ1) is 41.0. The Morgan fingerprint density at radius 2 is 1.08 bits per heavy atom. The molecule has 18 heteroatoms. The summed E-state index contributed by atoms with van der Waals surface area (Å²) in [5, 5.41) is 13.9. The van der Waals surface area contributed by atoms with Crippen LogP contribution in [0.1, 0.15) is 64.3 Å². The van der Waals surface area contributed by atoms with E-state index in [2.05, 4.69) is 35.3 Å².